The van der Waals surface area contributed by atoms with E-state index in [1.54, 1.807) is 17.2 Å². The summed E-state index contributed by atoms with van der Waals surface area (Å²) >= 11 is 0. The van der Waals surface area contributed by atoms with Crippen molar-refractivity contribution in [3.63, 3.8) is 0 Å². The predicted octanol–water partition coefficient (Wildman–Crippen LogP) is 0.631. The SMILES string of the molecule is CNCC(C)CNc1ncnc2c1cnn2C. The third-order valence-electron chi connectivity index (χ3n) is 2.70. The van der Waals surface area contributed by atoms with E-state index in [1.165, 1.54) is 0 Å². The van der Waals surface area contributed by atoms with Gasteiger partial charge in [0.1, 0.15) is 12.1 Å². The van der Waals surface area contributed by atoms with Gasteiger partial charge in [-0.2, -0.15) is 5.10 Å². The summed E-state index contributed by atoms with van der Waals surface area (Å²) in [4.78, 5) is 8.46. The standard InChI is InChI=1S/C11H18N6/c1-8(4-12-2)5-13-10-9-6-16-17(3)11(9)15-7-14-10/h6-8,12H,4-5H2,1-3H3,(H,13,14,15). The fourth-order valence-corrected chi connectivity index (χ4v) is 1.79. The van der Waals surface area contributed by atoms with Crippen molar-refractivity contribution in [2.24, 2.45) is 13.0 Å². The van der Waals surface area contributed by atoms with E-state index in [9.17, 15) is 0 Å². The van der Waals surface area contributed by atoms with E-state index < -0.39 is 0 Å². The molecule has 2 aromatic rings. The lowest BCUT2D eigenvalue weighted by Crippen LogP contribution is -2.23. The van der Waals surface area contributed by atoms with Crippen LogP contribution in [0.1, 0.15) is 6.92 Å². The van der Waals surface area contributed by atoms with Crippen molar-refractivity contribution in [3.05, 3.63) is 12.5 Å². The van der Waals surface area contributed by atoms with Crippen LogP contribution in [0.25, 0.3) is 11.0 Å². The van der Waals surface area contributed by atoms with Gasteiger partial charge in [0.2, 0.25) is 0 Å². The Hall–Kier alpha value is -1.69. The highest BCUT2D eigenvalue weighted by Gasteiger charge is 2.08. The number of anilines is 1. The molecule has 2 rings (SSSR count). The smallest absolute Gasteiger partial charge is 0.163 e. The lowest BCUT2D eigenvalue weighted by molar-refractivity contribution is 0.569. The quantitative estimate of drug-likeness (QED) is 0.794. The Bertz CT molecular complexity index is 492. The lowest BCUT2D eigenvalue weighted by atomic mass is 10.2. The molecule has 6 nitrogen and oxygen atoms in total. The molecule has 92 valence electrons. The molecule has 2 aromatic heterocycles. The number of rotatable bonds is 5. The van der Waals surface area contributed by atoms with Gasteiger partial charge < -0.3 is 10.6 Å². The van der Waals surface area contributed by atoms with Crippen molar-refractivity contribution in [1.82, 2.24) is 25.1 Å². The molecule has 0 radical (unpaired) electrons. The topological polar surface area (TPSA) is 67.7 Å². The second kappa shape index (κ2) is 5.09. The first-order valence-corrected chi connectivity index (χ1v) is 5.73. The highest BCUT2D eigenvalue weighted by molar-refractivity contribution is 5.85. The third kappa shape index (κ3) is 2.52. The number of hydrogen-bond acceptors (Lipinski definition) is 5. The second-order valence-corrected chi connectivity index (χ2v) is 4.27. The van der Waals surface area contributed by atoms with Crippen molar-refractivity contribution in [1.29, 1.82) is 0 Å². The van der Waals surface area contributed by atoms with Gasteiger partial charge in [-0.05, 0) is 19.5 Å². The lowest BCUT2D eigenvalue weighted by Gasteiger charge is -2.12. The molecule has 1 unspecified atom stereocenters. The fourth-order valence-electron chi connectivity index (χ4n) is 1.79. The minimum Gasteiger partial charge on any atom is -0.369 e. The van der Waals surface area contributed by atoms with Crippen LogP contribution in [0.3, 0.4) is 0 Å². The first-order valence-electron chi connectivity index (χ1n) is 5.73. The molecule has 0 aromatic carbocycles. The Balaban J connectivity index is 2.13. The van der Waals surface area contributed by atoms with Crippen LogP contribution in [0.15, 0.2) is 12.5 Å². The molecule has 0 spiro atoms. The first-order chi connectivity index (χ1) is 8.22. The molecule has 2 N–H and O–H groups in total. The number of nitrogens with zero attached hydrogens (tertiary/aromatic N) is 4. The molecule has 0 saturated carbocycles. The van der Waals surface area contributed by atoms with E-state index in [2.05, 4.69) is 32.6 Å². The molecule has 0 amide bonds. The van der Waals surface area contributed by atoms with Gasteiger partial charge in [0.05, 0.1) is 11.6 Å². The molecule has 0 saturated heterocycles. The van der Waals surface area contributed by atoms with E-state index in [4.69, 9.17) is 0 Å². The number of nitrogens with one attached hydrogen (secondary N) is 2. The van der Waals surface area contributed by atoms with Crippen LogP contribution in [0.5, 0.6) is 0 Å². The summed E-state index contributed by atoms with van der Waals surface area (Å²) in [5, 5.41) is 11.6. The Morgan fingerprint density at radius 3 is 2.94 bits per heavy atom. The van der Waals surface area contributed by atoms with Crippen LogP contribution in [0.4, 0.5) is 5.82 Å². The van der Waals surface area contributed by atoms with E-state index in [-0.39, 0.29) is 0 Å². The van der Waals surface area contributed by atoms with Crippen LogP contribution in [0, 0.1) is 5.92 Å². The molecule has 6 heteroatoms. The summed E-state index contributed by atoms with van der Waals surface area (Å²) < 4.78 is 1.75. The van der Waals surface area contributed by atoms with Gasteiger partial charge in [-0.25, -0.2) is 9.97 Å². The normalized spacial score (nSPS) is 12.9. The Kier molecular flexibility index (Phi) is 3.53. The molecule has 0 aliphatic carbocycles. The van der Waals surface area contributed by atoms with Gasteiger partial charge in [0.15, 0.2) is 5.65 Å². The van der Waals surface area contributed by atoms with Gasteiger partial charge in [0, 0.05) is 13.6 Å². The predicted molar refractivity (Wildman–Crippen MR) is 67.9 cm³/mol. The molecular weight excluding hydrogens is 216 g/mol. The van der Waals surface area contributed by atoms with E-state index in [0.29, 0.717) is 5.92 Å². The average molecular weight is 234 g/mol. The third-order valence-corrected chi connectivity index (χ3v) is 2.70. The first kappa shape index (κ1) is 11.8. The largest absolute Gasteiger partial charge is 0.369 e. The molecule has 0 aliphatic rings. The van der Waals surface area contributed by atoms with Crippen LogP contribution in [-0.2, 0) is 7.05 Å². The molecule has 1 atom stereocenters. The zero-order valence-electron chi connectivity index (χ0n) is 10.4. The molecule has 2 heterocycles. The summed E-state index contributed by atoms with van der Waals surface area (Å²) in [6.07, 6.45) is 3.36. The Morgan fingerprint density at radius 2 is 2.18 bits per heavy atom. The maximum Gasteiger partial charge on any atom is 0.163 e. The maximum absolute atomic E-state index is 4.26. The van der Waals surface area contributed by atoms with Crippen molar-refractivity contribution < 1.29 is 0 Å². The van der Waals surface area contributed by atoms with E-state index in [0.717, 1.165) is 29.9 Å². The Morgan fingerprint density at radius 1 is 1.35 bits per heavy atom. The summed E-state index contributed by atoms with van der Waals surface area (Å²) in [6.45, 7) is 4.04. The number of aryl methyl sites for hydroxylation is 1. The van der Waals surface area contributed by atoms with Crippen LogP contribution >= 0.6 is 0 Å². The Labute approximate surface area is 100 Å². The van der Waals surface area contributed by atoms with Gasteiger partial charge >= 0.3 is 0 Å². The summed E-state index contributed by atoms with van der Waals surface area (Å²) in [6, 6.07) is 0. The highest BCUT2D eigenvalue weighted by atomic mass is 15.3. The number of fused-ring (bicyclic) bond motifs is 1. The van der Waals surface area contributed by atoms with Crippen LogP contribution in [0.2, 0.25) is 0 Å². The zero-order chi connectivity index (χ0) is 12.3. The van der Waals surface area contributed by atoms with E-state index >= 15 is 0 Å². The van der Waals surface area contributed by atoms with Crippen molar-refractivity contribution in [3.8, 4) is 0 Å². The van der Waals surface area contributed by atoms with Crippen molar-refractivity contribution in [2.75, 3.05) is 25.5 Å². The van der Waals surface area contributed by atoms with Crippen molar-refractivity contribution in [2.45, 2.75) is 6.92 Å². The minimum atomic E-state index is 0.543. The maximum atomic E-state index is 4.26. The van der Waals surface area contributed by atoms with E-state index in [1.807, 2.05) is 14.1 Å². The van der Waals surface area contributed by atoms with Gasteiger partial charge in [-0.3, -0.25) is 4.68 Å². The molecule has 0 fully saturated rings. The number of aromatic nitrogens is 4. The fraction of sp³-hybridized carbons (Fsp3) is 0.545. The summed E-state index contributed by atoms with van der Waals surface area (Å²) in [7, 11) is 3.84. The van der Waals surface area contributed by atoms with Crippen LogP contribution in [-0.4, -0.2) is 39.9 Å². The summed E-state index contributed by atoms with van der Waals surface area (Å²) in [5.74, 6) is 1.40. The van der Waals surface area contributed by atoms with Crippen molar-refractivity contribution >= 4 is 16.9 Å². The zero-order valence-corrected chi connectivity index (χ0v) is 10.4. The molecule has 0 bridgehead atoms. The van der Waals surface area contributed by atoms with Gasteiger partial charge in [-0.1, -0.05) is 6.92 Å². The monoisotopic (exact) mass is 234 g/mol. The molecule has 17 heavy (non-hydrogen) atoms. The van der Waals surface area contributed by atoms with Gasteiger partial charge in [-0.15, -0.1) is 0 Å². The average Bonchev–Trinajstić information content (AvgIpc) is 2.70. The van der Waals surface area contributed by atoms with Crippen LogP contribution < -0.4 is 10.6 Å². The second-order valence-electron chi connectivity index (χ2n) is 4.27. The molecular formula is C11H18N6. The molecule has 0 aliphatic heterocycles. The highest BCUT2D eigenvalue weighted by Crippen LogP contribution is 2.17. The number of hydrogen-bond donors (Lipinski definition) is 2. The van der Waals surface area contributed by atoms with Gasteiger partial charge in [0.25, 0.3) is 0 Å². The summed E-state index contributed by atoms with van der Waals surface area (Å²) in [5.41, 5.74) is 0.851. The minimum absolute atomic E-state index is 0.543.